The zero-order chi connectivity index (χ0) is 8.10. The van der Waals surface area contributed by atoms with Crippen LogP contribution >= 0.6 is 0 Å². The van der Waals surface area contributed by atoms with Crippen LogP contribution in [0.15, 0.2) is 24.3 Å². The van der Waals surface area contributed by atoms with Crippen LogP contribution < -0.4 is 4.43 Å². The second-order valence-corrected chi connectivity index (χ2v) is 4.46. The van der Waals surface area contributed by atoms with E-state index in [0.717, 1.165) is 0 Å². The second kappa shape index (κ2) is 4.59. The smallest absolute Gasteiger partial charge is 0.121 e. The second-order valence-electron chi connectivity index (χ2n) is 2.85. The molecule has 0 aliphatic carbocycles. The summed E-state index contributed by atoms with van der Waals surface area (Å²) in [5.41, 5.74) is 1.47. The lowest BCUT2D eigenvalue weighted by molar-refractivity contribution is 1.08. The molecule has 1 heteroatoms. The minimum absolute atomic E-state index is 0.531. The molecule has 1 aromatic carbocycles. The Labute approximate surface area is 75.3 Å². The van der Waals surface area contributed by atoms with E-state index in [4.69, 9.17) is 0 Å². The van der Waals surface area contributed by atoms with Crippen LogP contribution in [0.2, 0.25) is 5.28 Å². The number of rotatable bonds is 3. The van der Waals surface area contributed by atoms with Crippen molar-refractivity contribution in [1.82, 2.24) is 0 Å². The van der Waals surface area contributed by atoms with E-state index in [1.165, 1.54) is 17.3 Å². The summed E-state index contributed by atoms with van der Waals surface area (Å²) in [5.74, 6) is 0. The van der Waals surface area contributed by atoms with E-state index in [0.29, 0.717) is 15.2 Å². The lowest BCUT2D eigenvalue weighted by Crippen LogP contribution is -2.16. The third-order valence-corrected chi connectivity index (χ3v) is 3.80. The van der Waals surface area contributed by atoms with Crippen LogP contribution in [0, 0.1) is 6.92 Å². The van der Waals surface area contributed by atoms with Crippen LogP contribution in [0.4, 0.5) is 0 Å². The Bertz CT molecular complexity index is 218. The number of hydrogen-bond acceptors (Lipinski definition) is 0. The van der Waals surface area contributed by atoms with Crippen molar-refractivity contribution in [3.05, 3.63) is 29.8 Å². The van der Waals surface area contributed by atoms with Gasteiger partial charge in [-0.1, -0.05) is 48.5 Å². The summed E-state index contributed by atoms with van der Waals surface area (Å²) < 4.78 is 1.59. The molecule has 0 bridgehead atoms. The molecular formula is C10H14Al. The van der Waals surface area contributed by atoms with E-state index in [1.807, 2.05) is 0 Å². The molecule has 1 aromatic rings. The Morgan fingerprint density at radius 1 is 1.27 bits per heavy atom. The van der Waals surface area contributed by atoms with Gasteiger partial charge >= 0.3 is 0 Å². The van der Waals surface area contributed by atoms with Gasteiger partial charge in [0.2, 0.25) is 0 Å². The molecular weight excluding hydrogens is 147 g/mol. The van der Waals surface area contributed by atoms with Gasteiger partial charge in [0.25, 0.3) is 15.2 Å². The molecule has 1 radical (unpaired) electrons. The normalized spacial score (nSPS) is 9.64. The molecule has 0 saturated carbocycles. The van der Waals surface area contributed by atoms with Crippen LogP contribution in [0.25, 0.3) is 0 Å². The topological polar surface area (TPSA) is 0 Å². The monoisotopic (exact) mass is 161 g/mol. The standard InChI is InChI=1S/C7H7.C3H7.Al/c1-7-5-3-2-4-6-7;1-3-2;/h2-5H,1H3;1,3H2,2H3;. The lowest BCUT2D eigenvalue weighted by atomic mass is 10.2. The molecule has 0 spiro atoms. The molecule has 0 aliphatic rings. The minimum atomic E-state index is 0.531. The first-order valence-electron chi connectivity index (χ1n) is 4.23. The largest absolute Gasteiger partial charge is 0.250 e. The third kappa shape index (κ3) is 2.69. The van der Waals surface area contributed by atoms with Gasteiger partial charge in [0, 0.05) is 0 Å². The third-order valence-electron chi connectivity index (χ3n) is 1.84. The van der Waals surface area contributed by atoms with Crippen LogP contribution in [0.1, 0.15) is 18.9 Å². The van der Waals surface area contributed by atoms with E-state index in [1.54, 1.807) is 4.43 Å². The lowest BCUT2D eigenvalue weighted by Gasteiger charge is -2.01. The molecule has 57 valence electrons. The molecule has 0 amide bonds. The van der Waals surface area contributed by atoms with Gasteiger partial charge in [-0.2, -0.15) is 0 Å². The van der Waals surface area contributed by atoms with Gasteiger partial charge in [0.1, 0.15) is 0 Å². The molecule has 0 aliphatic heterocycles. The number of benzene rings is 1. The first-order valence-corrected chi connectivity index (χ1v) is 5.63. The molecule has 11 heavy (non-hydrogen) atoms. The van der Waals surface area contributed by atoms with Gasteiger partial charge in [0.15, 0.2) is 0 Å². The van der Waals surface area contributed by atoms with Gasteiger partial charge in [-0.15, -0.1) is 4.43 Å². The highest BCUT2D eigenvalue weighted by molar-refractivity contribution is 6.53. The Hall–Kier alpha value is -0.248. The van der Waals surface area contributed by atoms with Crippen LogP contribution in [0.5, 0.6) is 0 Å². The van der Waals surface area contributed by atoms with Crippen molar-refractivity contribution in [3.63, 3.8) is 0 Å². The Morgan fingerprint density at radius 2 is 2.00 bits per heavy atom. The fourth-order valence-electron chi connectivity index (χ4n) is 1.12. The Kier molecular flexibility index (Phi) is 3.69. The number of aryl methyl sites for hydroxylation is 1. The minimum Gasteiger partial charge on any atom is -0.121 e. The predicted molar refractivity (Wildman–Crippen MR) is 51.7 cm³/mol. The average molecular weight is 161 g/mol. The highest BCUT2D eigenvalue weighted by Crippen LogP contribution is 1.94. The highest BCUT2D eigenvalue weighted by atomic mass is 27.1. The zero-order valence-electron chi connectivity index (χ0n) is 7.30. The molecule has 1 rings (SSSR count). The average Bonchev–Trinajstić information content (AvgIpc) is 2.03. The molecule has 0 atom stereocenters. The predicted octanol–water partition coefficient (Wildman–Crippen LogP) is 2.15. The van der Waals surface area contributed by atoms with Crippen LogP contribution in [-0.2, 0) is 0 Å². The quantitative estimate of drug-likeness (QED) is 0.596. The molecule has 0 N–H and O–H groups in total. The molecule has 0 nitrogen and oxygen atoms in total. The van der Waals surface area contributed by atoms with Crippen molar-refractivity contribution in [2.45, 2.75) is 25.6 Å². The summed E-state index contributed by atoms with van der Waals surface area (Å²) in [6, 6.07) is 8.73. The van der Waals surface area contributed by atoms with E-state index in [2.05, 4.69) is 38.1 Å². The van der Waals surface area contributed by atoms with E-state index < -0.39 is 0 Å². The maximum atomic E-state index is 2.26. The van der Waals surface area contributed by atoms with Crippen LogP contribution in [-0.4, -0.2) is 15.2 Å². The molecule has 0 unspecified atom stereocenters. The van der Waals surface area contributed by atoms with Gasteiger partial charge in [0.05, 0.1) is 0 Å². The fraction of sp³-hybridized carbons (Fsp3) is 0.400. The van der Waals surface area contributed by atoms with Gasteiger partial charge in [-0.25, -0.2) is 0 Å². The zero-order valence-corrected chi connectivity index (χ0v) is 8.46. The van der Waals surface area contributed by atoms with E-state index in [-0.39, 0.29) is 0 Å². The van der Waals surface area contributed by atoms with Crippen molar-refractivity contribution < 1.29 is 0 Å². The summed E-state index contributed by atoms with van der Waals surface area (Å²) in [6.07, 6.45) is 1.32. The van der Waals surface area contributed by atoms with Crippen molar-refractivity contribution in [2.75, 3.05) is 0 Å². The molecule has 0 saturated heterocycles. The highest BCUT2D eigenvalue weighted by Gasteiger charge is 1.96. The summed E-state index contributed by atoms with van der Waals surface area (Å²) >= 11 is 0.531. The Balaban J connectivity index is 2.62. The summed E-state index contributed by atoms with van der Waals surface area (Å²) in [5, 5.41) is 1.39. The van der Waals surface area contributed by atoms with Crippen molar-refractivity contribution in [3.8, 4) is 0 Å². The summed E-state index contributed by atoms with van der Waals surface area (Å²) in [4.78, 5) is 0. The summed E-state index contributed by atoms with van der Waals surface area (Å²) in [7, 11) is 0. The Morgan fingerprint density at radius 3 is 2.64 bits per heavy atom. The van der Waals surface area contributed by atoms with E-state index in [9.17, 15) is 0 Å². The van der Waals surface area contributed by atoms with Gasteiger partial charge in [-0.3, -0.25) is 0 Å². The molecule has 0 heterocycles. The molecule has 0 aromatic heterocycles. The fourth-order valence-corrected chi connectivity index (χ4v) is 2.38. The van der Waals surface area contributed by atoms with E-state index >= 15 is 0 Å². The van der Waals surface area contributed by atoms with Crippen molar-refractivity contribution in [1.29, 1.82) is 0 Å². The first kappa shape index (κ1) is 8.85. The maximum Gasteiger partial charge on any atom is 0.250 e. The molecule has 0 fully saturated rings. The van der Waals surface area contributed by atoms with Gasteiger partial charge in [-0.05, 0) is 6.92 Å². The maximum absolute atomic E-state index is 2.26. The van der Waals surface area contributed by atoms with Crippen molar-refractivity contribution in [2.24, 2.45) is 0 Å². The van der Waals surface area contributed by atoms with Crippen LogP contribution in [0.3, 0.4) is 0 Å². The van der Waals surface area contributed by atoms with Gasteiger partial charge < -0.3 is 0 Å². The summed E-state index contributed by atoms with van der Waals surface area (Å²) in [6.45, 7) is 4.46. The first-order chi connectivity index (χ1) is 5.34. The van der Waals surface area contributed by atoms with Crippen molar-refractivity contribution >= 4 is 19.6 Å². The SMILES string of the molecule is CC[CH2][Al][c]1ccccc1C. The number of hydrogen-bond donors (Lipinski definition) is 0.